The van der Waals surface area contributed by atoms with Gasteiger partial charge in [-0.3, -0.25) is 4.79 Å². The number of aromatic hydroxyl groups is 1. The van der Waals surface area contributed by atoms with Crippen molar-refractivity contribution in [3.05, 3.63) is 46.1 Å². The molecule has 2 heterocycles. The zero-order valence-electron chi connectivity index (χ0n) is 19.2. The van der Waals surface area contributed by atoms with Gasteiger partial charge in [-0.15, -0.1) is 0 Å². The minimum Gasteiger partial charge on any atom is -0.506 e. The van der Waals surface area contributed by atoms with E-state index in [2.05, 4.69) is 0 Å². The lowest BCUT2D eigenvalue weighted by Gasteiger charge is -2.40. The van der Waals surface area contributed by atoms with Gasteiger partial charge in [0.25, 0.3) is 0 Å². The van der Waals surface area contributed by atoms with Gasteiger partial charge in [-0.05, 0) is 18.2 Å². The second kappa shape index (κ2) is 9.72. The summed E-state index contributed by atoms with van der Waals surface area (Å²) in [4.78, 5) is 13.1. The highest BCUT2D eigenvalue weighted by Gasteiger charge is 2.46. The van der Waals surface area contributed by atoms with E-state index in [9.17, 15) is 30.3 Å². The van der Waals surface area contributed by atoms with Crippen LogP contribution in [0.2, 0.25) is 0 Å². The smallest absolute Gasteiger partial charge is 0.197 e. The fraction of sp³-hybridized carbons (Fsp3) is 0.375. The molecule has 188 valence electrons. The Hall–Kier alpha value is -3.35. The van der Waals surface area contributed by atoms with Crippen LogP contribution in [0.25, 0.3) is 22.3 Å². The molecule has 5 atom stereocenters. The molecule has 0 bridgehead atoms. The number of phenolic OH excluding ortho intramolecular Hbond substituents is 1. The number of hydrogen-bond acceptors (Lipinski definition) is 11. The number of phenols is 1. The minimum atomic E-state index is -1.69. The minimum absolute atomic E-state index is 0.00746. The van der Waals surface area contributed by atoms with E-state index in [0.29, 0.717) is 17.1 Å². The van der Waals surface area contributed by atoms with Gasteiger partial charge in [-0.25, -0.2) is 0 Å². The summed E-state index contributed by atoms with van der Waals surface area (Å²) in [6.07, 6.45) is -7.61. The number of ether oxygens (including phenoxy) is 4. The Balaban J connectivity index is 1.87. The van der Waals surface area contributed by atoms with Gasteiger partial charge < -0.3 is 48.9 Å². The van der Waals surface area contributed by atoms with Crippen molar-refractivity contribution in [3.63, 3.8) is 0 Å². The molecule has 1 unspecified atom stereocenters. The Bertz CT molecular complexity index is 1280. The summed E-state index contributed by atoms with van der Waals surface area (Å²) in [5, 5.41) is 51.1. The quantitative estimate of drug-likeness (QED) is 0.330. The Morgan fingerprint density at radius 3 is 2.20 bits per heavy atom. The summed E-state index contributed by atoms with van der Waals surface area (Å²) in [7, 11) is 4.27. The van der Waals surface area contributed by atoms with Crippen LogP contribution in [0.3, 0.4) is 0 Å². The summed E-state index contributed by atoms with van der Waals surface area (Å²) >= 11 is 0. The second-order valence-electron chi connectivity index (χ2n) is 8.01. The molecule has 35 heavy (non-hydrogen) atoms. The van der Waals surface area contributed by atoms with Crippen LogP contribution in [-0.2, 0) is 4.74 Å². The highest BCUT2D eigenvalue weighted by Crippen LogP contribution is 2.45. The predicted octanol–water partition coefficient (Wildman–Crippen LogP) is 0.706. The molecule has 0 saturated carbocycles. The molecule has 1 saturated heterocycles. The summed E-state index contributed by atoms with van der Waals surface area (Å²) in [5.41, 5.74) is -0.229. The van der Waals surface area contributed by atoms with Crippen molar-refractivity contribution < 1.29 is 48.9 Å². The first kappa shape index (κ1) is 24.8. The first-order chi connectivity index (χ1) is 16.7. The van der Waals surface area contributed by atoms with Gasteiger partial charge in [0.15, 0.2) is 16.9 Å². The average molecular weight is 490 g/mol. The number of hydrogen-bond donors (Lipinski definition) is 5. The fourth-order valence-corrected chi connectivity index (χ4v) is 4.21. The third-order valence-electron chi connectivity index (χ3n) is 6.06. The maximum absolute atomic E-state index is 13.1. The van der Waals surface area contributed by atoms with Gasteiger partial charge in [0.2, 0.25) is 0 Å². The van der Waals surface area contributed by atoms with Crippen molar-refractivity contribution in [2.24, 2.45) is 0 Å². The molecule has 1 aliphatic heterocycles. The topological polar surface area (TPSA) is 168 Å². The third-order valence-corrected chi connectivity index (χ3v) is 6.06. The second-order valence-corrected chi connectivity index (χ2v) is 8.01. The summed E-state index contributed by atoms with van der Waals surface area (Å²) in [6.45, 7) is -0.658. The SMILES string of the molecule is COc1ccc(-c2cc(=O)c3c(O)c(C4O[C@H](CO)[C@@H](O)[C@H](O)[C@H]4O)c(OC)cc3o2)cc1OC. The monoisotopic (exact) mass is 490 g/mol. The van der Waals surface area contributed by atoms with Crippen molar-refractivity contribution in [3.8, 4) is 34.3 Å². The molecule has 1 aliphatic rings. The Labute approximate surface area is 199 Å². The van der Waals surface area contributed by atoms with Crippen LogP contribution in [0, 0.1) is 0 Å². The molecule has 0 aliphatic carbocycles. The van der Waals surface area contributed by atoms with Crippen molar-refractivity contribution in [2.75, 3.05) is 27.9 Å². The van der Waals surface area contributed by atoms with Gasteiger partial charge >= 0.3 is 0 Å². The largest absolute Gasteiger partial charge is 0.506 e. The van der Waals surface area contributed by atoms with Crippen LogP contribution in [0.5, 0.6) is 23.0 Å². The van der Waals surface area contributed by atoms with E-state index in [1.54, 1.807) is 18.2 Å². The van der Waals surface area contributed by atoms with Gasteiger partial charge in [-0.2, -0.15) is 0 Å². The van der Waals surface area contributed by atoms with E-state index < -0.39 is 48.3 Å². The summed E-state index contributed by atoms with van der Waals surface area (Å²) in [5.74, 6) is 0.503. The standard InChI is InChI=1S/C24H26O11/c1-31-12-5-4-10(6-14(12)32-2)13-7-11(26)18-16(34-13)8-15(33-3)19(21(18)28)24-23(30)22(29)20(27)17(9-25)35-24/h4-8,17,20,22-25,27-30H,9H2,1-3H3/t17-,20-,22+,23-,24?/m1/s1. The highest BCUT2D eigenvalue weighted by molar-refractivity contribution is 5.88. The molecule has 0 amide bonds. The Kier molecular flexibility index (Phi) is 6.88. The van der Waals surface area contributed by atoms with Crippen LogP contribution < -0.4 is 19.6 Å². The van der Waals surface area contributed by atoms with Crippen LogP contribution in [-0.4, -0.2) is 77.9 Å². The molecule has 11 heteroatoms. The molecule has 11 nitrogen and oxygen atoms in total. The maximum Gasteiger partial charge on any atom is 0.197 e. The van der Waals surface area contributed by atoms with Crippen molar-refractivity contribution in [2.45, 2.75) is 30.5 Å². The van der Waals surface area contributed by atoms with E-state index in [1.165, 1.54) is 33.5 Å². The zero-order valence-corrected chi connectivity index (χ0v) is 19.2. The molecular weight excluding hydrogens is 464 g/mol. The number of rotatable bonds is 6. The van der Waals surface area contributed by atoms with Gasteiger partial charge in [-0.1, -0.05) is 0 Å². The molecular formula is C24H26O11. The van der Waals surface area contributed by atoms with Crippen molar-refractivity contribution in [1.29, 1.82) is 0 Å². The summed E-state index contributed by atoms with van der Waals surface area (Å²) < 4.78 is 27.4. The molecule has 0 spiro atoms. The van der Waals surface area contributed by atoms with Crippen molar-refractivity contribution in [1.82, 2.24) is 0 Å². The molecule has 1 aromatic heterocycles. The number of methoxy groups -OCH3 is 3. The van der Waals surface area contributed by atoms with Crippen molar-refractivity contribution >= 4 is 11.0 Å². The molecule has 4 rings (SSSR count). The first-order valence-corrected chi connectivity index (χ1v) is 10.7. The Morgan fingerprint density at radius 2 is 1.57 bits per heavy atom. The lowest BCUT2D eigenvalue weighted by atomic mass is 9.89. The predicted molar refractivity (Wildman–Crippen MR) is 122 cm³/mol. The number of aliphatic hydroxyl groups is 4. The van der Waals surface area contributed by atoms with E-state index in [1.807, 2.05) is 0 Å². The number of fused-ring (bicyclic) bond motifs is 1. The van der Waals surface area contributed by atoms with Gasteiger partial charge in [0.05, 0.1) is 33.5 Å². The van der Waals surface area contributed by atoms with Crippen LogP contribution in [0.15, 0.2) is 39.5 Å². The number of aliphatic hydroxyl groups excluding tert-OH is 4. The lowest BCUT2D eigenvalue weighted by Crippen LogP contribution is -2.55. The number of benzene rings is 2. The summed E-state index contributed by atoms with van der Waals surface area (Å²) in [6, 6.07) is 7.48. The molecule has 3 aromatic rings. The van der Waals surface area contributed by atoms with Crippen LogP contribution >= 0.6 is 0 Å². The van der Waals surface area contributed by atoms with Gasteiger partial charge in [0.1, 0.15) is 58.7 Å². The molecule has 5 N–H and O–H groups in total. The van der Waals surface area contributed by atoms with Gasteiger partial charge in [0, 0.05) is 17.7 Å². The van der Waals surface area contributed by atoms with E-state index in [4.69, 9.17) is 23.4 Å². The van der Waals surface area contributed by atoms with E-state index >= 15 is 0 Å². The third kappa shape index (κ3) is 4.17. The first-order valence-electron chi connectivity index (χ1n) is 10.7. The Morgan fingerprint density at radius 1 is 0.886 bits per heavy atom. The average Bonchev–Trinajstić information content (AvgIpc) is 2.87. The van der Waals surface area contributed by atoms with Crippen LogP contribution in [0.1, 0.15) is 11.7 Å². The molecule has 2 aromatic carbocycles. The highest BCUT2D eigenvalue weighted by atomic mass is 16.5. The normalized spacial score (nSPS) is 24.4. The lowest BCUT2D eigenvalue weighted by molar-refractivity contribution is -0.232. The molecule has 0 radical (unpaired) electrons. The zero-order chi connectivity index (χ0) is 25.4. The molecule has 1 fully saturated rings. The van der Waals surface area contributed by atoms with E-state index in [-0.39, 0.29) is 28.0 Å². The maximum atomic E-state index is 13.1. The van der Waals surface area contributed by atoms with Crippen LogP contribution in [0.4, 0.5) is 0 Å². The van der Waals surface area contributed by atoms with E-state index in [0.717, 1.165) is 0 Å². The fourth-order valence-electron chi connectivity index (χ4n) is 4.21.